The van der Waals surface area contributed by atoms with Crippen LogP contribution in [-0.2, 0) is 14.4 Å². The molecule has 10 heteroatoms. The van der Waals surface area contributed by atoms with E-state index in [1.807, 2.05) is 0 Å². The summed E-state index contributed by atoms with van der Waals surface area (Å²) in [6, 6.07) is -2.74. The van der Waals surface area contributed by atoms with E-state index >= 15 is 0 Å². The molecule has 0 radical (unpaired) electrons. The van der Waals surface area contributed by atoms with Crippen LogP contribution >= 0.6 is 0 Å². The number of hydrogen-bond acceptors (Lipinski definition) is 5. The Morgan fingerprint density at radius 3 is 1.92 bits per heavy atom. The van der Waals surface area contributed by atoms with Crippen molar-refractivity contribution < 1.29 is 19.5 Å². The average Bonchev–Trinajstić information content (AvgIpc) is 2.52. The Morgan fingerprint density at radius 2 is 1.50 bits per heavy atom. The Labute approximate surface area is 154 Å². The maximum atomic E-state index is 12.4. The van der Waals surface area contributed by atoms with Gasteiger partial charge in [-0.15, -0.1) is 0 Å². The normalized spacial score (nSPS) is 14.4. The van der Waals surface area contributed by atoms with E-state index in [-0.39, 0.29) is 17.8 Å². The van der Waals surface area contributed by atoms with Crippen molar-refractivity contribution in [3.63, 3.8) is 0 Å². The molecule has 0 saturated heterocycles. The molecule has 0 unspecified atom stereocenters. The molecule has 150 valence electrons. The molecule has 0 spiro atoms. The van der Waals surface area contributed by atoms with Crippen LogP contribution < -0.4 is 27.4 Å². The zero-order valence-corrected chi connectivity index (χ0v) is 15.8. The lowest BCUT2D eigenvalue weighted by Crippen LogP contribution is -2.57. The van der Waals surface area contributed by atoms with Crippen molar-refractivity contribution in [2.75, 3.05) is 6.54 Å². The van der Waals surface area contributed by atoms with Gasteiger partial charge in [0.25, 0.3) is 0 Å². The minimum absolute atomic E-state index is 0.155. The maximum Gasteiger partial charge on any atom is 0.326 e. The largest absolute Gasteiger partial charge is 0.480 e. The number of rotatable bonds is 11. The number of carboxylic acid groups (broad SMARTS) is 1. The molecule has 0 aromatic heterocycles. The van der Waals surface area contributed by atoms with Gasteiger partial charge in [-0.1, -0.05) is 27.7 Å². The molecule has 0 bridgehead atoms. The molecule has 0 rings (SSSR count). The van der Waals surface area contributed by atoms with E-state index in [0.717, 1.165) is 0 Å². The van der Waals surface area contributed by atoms with E-state index in [9.17, 15) is 19.5 Å². The van der Waals surface area contributed by atoms with Gasteiger partial charge in [0, 0.05) is 6.54 Å². The fourth-order valence-electron chi connectivity index (χ4n) is 2.23. The molecule has 0 aromatic carbocycles. The predicted octanol–water partition coefficient (Wildman–Crippen LogP) is -1.06. The Balaban J connectivity index is 4.74. The third-order valence-corrected chi connectivity index (χ3v) is 3.82. The van der Waals surface area contributed by atoms with E-state index in [1.165, 1.54) is 0 Å². The smallest absolute Gasteiger partial charge is 0.326 e. The summed E-state index contributed by atoms with van der Waals surface area (Å²) in [4.78, 5) is 35.9. The molecule has 0 aliphatic carbocycles. The van der Waals surface area contributed by atoms with Gasteiger partial charge in [-0.05, 0) is 24.7 Å². The second kappa shape index (κ2) is 11.3. The van der Waals surface area contributed by atoms with Crippen LogP contribution in [0.25, 0.3) is 0 Å². The molecule has 0 fully saturated rings. The Kier molecular flexibility index (Phi) is 10.3. The third-order valence-electron chi connectivity index (χ3n) is 3.82. The number of aliphatic carboxylic acids is 1. The molecule has 0 aliphatic rings. The third kappa shape index (κ3) is 8.65. The van der Waals surface area contributed by atoms with Crippen molar-refractivity contribution in [2.24, 2.45) is 23.3 Å². The fraction of sp³-hybridized carbons (Fsp3) is 0.750. The molecule has 0 saturated carbocycles. The molecule has 0 aliphatic heterocycles. The van der Waals surface area contributed by atoms with E-state index in [4.69, 9.17) is 16.9 Å². The number of guanidine groups is 1. The van der Waals surface area contributed by atoms with Crippen LogP contribution in [0.4, 0.5) is 0 Å². The second-order valence-electron chi connectivity index (χ2n) is 6.89. The minimum atomic E-state index is -1.13. The second-order valence-corrected chi connectivity index (χ2v) is 6.89. The number of nitrogens with one attached hydrogen (secondary N) is 4. The van der Waals surface area contributed by atoms with Gasteiger partial charge in [-0.25, -0.2) is 4.79 Å². The number of carbonyl (C=O) groups excluding carboxylic acids is 2. The summed E-state index contributed by atoms with van der Waals surface area (Å²) in [6.07, 6.45) is 0.878. The summed E-state index contributed by atoms with van der Waals surface area (Å²) in [6.45, 7) is 7.29. The van der Waals surface area contributed by atoms with Crippen molar-refractivity contribution in [3.05, 3.63) is 0 Å². The van der Waals surface area contributed by atoms with Crippen LogP contribution in [0.1, 0.15) is 40.5 Å². The number of carbonyl (C=O) groups is 3. The van der Waals surface area contributed by atoms with Crippen molar-refractivity contribution in [1.29, 1.82) is 5.41 Å². The van der Waals surface area contributed by atoms with E-state index in [1.54, 1.807) is 27.7 Å². The number of hydrogen-bond donors (Lipinski definition) is 7. The Bertz CT molecular complexity index is 509. The molecule has 2 amide bonds. The highest BCUT2D eigenvalue weighted by Gasteiger charge is 2.31. The van der Waals surface area contributed by atoms with Crippen molar-refractivity contribution in [3.8, 4) is 0 Å². The van der Waals surface area contributed by atoms with Gasteiger partial charge < -0.3 is 32.5 Å². The zero-order chi connectivity index (χ0) is 20.4. The number of nitrogens with two attached hydrogens (primary N) is 2. The summed E-state index contributed by atoms with van der Waals surface area (Å²) >= 11 is 0. The highest BCUT2D eigenvalue weighted by molar-refractivity contribution is 5.92. The first kappa shape index (κ1) is 23.6. The molecule has 26 heavy (non-hydrogen) atoms. The summed E-state index contributed by atoms with van der Waals surface area (Å²) in [5, 5.41) is 23.9. The first-order valence-corrected chi connectivity index (χ1v) is 8.64. The topological polar surface area (TPSA) is 183 Å². The highest BCUT2D eigenvalue weighted by atomic mass is 16.4. The van der Waals surface area contributed by atoms with E-state index in [0.29, 0.717) is 19.4 Å². The molecule has 3 atom stereocenters. The quantitative estimate of drug-likeness (QED) is 0.137. The van der Waals surface area contributed by atoms with Crippen LogP contribution in [0.2, 0.25) is 0 Å². The van der Waals surface area contributed by atoms with Crippen LogP contribution in [0.3, 0.4) is 0 Å². The van der Waals surface area contributed by atoms with Gasteiger partial charge in [0.2, 0.25) is 11.8 Å². The standard InChI is InChI=1S/C16H32N6O4/c1-8(2)11(14(24)22-12(9(3)4)15(25)26)21-13(23)10(17)6-5-7-20-16(18)19/h8-12H,5-7,17H2,1-4H3,(H,21,23)(H,22,24)(H,25,26)(H4,18,19,20)/t10-,11-,12-/m0/s1. The van der Waals surface area contributed by atoms with Gasteiger partial charge >= 0.3 is 5.97 Å². The SMILES string of the molecule is CC(C)[C@H](NC(=O)[C@@H](NC(=O)[C@@H](N)CCCNC(=N)N)C(C)C)C(=O)O. The Hall–Kier alpha value is -2.36. The highest BCUT2D eigenvalue weighted by Crippen LogP contribution is 2.07. The monoisotopic (exact) mass is 372 g/mol. The lowest BCUT2D eigenvalue weighted by molar-refractivity contribution is -0.143. The number of amides is 2. The van der Waals surface area contributed by atoms with Gasteiger partial charge in [0.05, 0.1) is 6.04 Å². The van der Waals surface area contributed by atoms with E-state index in [2.05, 4.69) is 16.0 Å². The average molecular weight is 372 g/mol. The summed E-state index contributed by atoms with van der Waals surface area (Å²) in [5.41, 5.74) is 11.0. The van der Waals surface area contributed by atoms with Crippen LogP contribution in [0.5, 0.6) is 0 Å². The molecule has 9 N–H and O–H groups in total. The first-order valence-electron chi connectivity index (χ1n) is 8.64. The van der Waals surface area contributed by atoms with Crippen molar-refractivity contribution >= 4 is 23.7 Å². The maximum absolute atomic E-state index is 12.4. The first-order chi connectivity index (χ1) is 12.0. The van der Waals surface area contributed by atoms with Crippen molar-refractivity contribution in [1.82, 2.24) is 16.0 Å². The summed E-state index contributed by atoms with van der Waals surface area (Å²) in [7, 11) is 0. The molecular formula is C16H32N6O4. The van der Waals surface area contributed by atoms with Crippen LogP contribution in [-0.4, -0.2) is 53.5 Å². The Morgan fingerprint density at radius 1 is 1.00 bits per heavy atom. The molecule has 0 aromatic rings. The summed E-state index contributed by atoms with van der Waals surface area (Å²) in [5.74, 6) is -2.87. The van der Waals surface area contributed by atoms with Gasteiger partial charge in [0.15, 0.2) is 5.96 Å². The van der Waals surface area contributed by atoms with Crippen LogP contribution in [0.15, 0.2) is 0 Å². The van der Waals surface area contributed by atoms with Gasteiger partial charge in [-0.2, -0.15) is 0 Å². The lowest BCUT2D eigenvalue weighted by atomic mass is 9.99. The van der Waals surface area contributed by atoms with Gasteiger partial charge in [-0.3, -0.25) is 15.0 Å². The minimum Gasteiger partial charge on any atom is -0.480 e. The fourth-order valence-corrected chi connectivity index (χ4v) is 2.23. The van der Waals surface area contributed by atoms with Gasteiger partial charge in [0.1, 0.15) is 12.1 Å². The van der Waals surface area contributed by atoms with Crippen LogP contribution in [0, 0.1) is 17.2 Å². The zero-order valence-electron chi connectivity index (χ0n) is 15.8. The molecular weight excluding hydrogens is 340 g/mol. The lowest BCUT2D eigenvalue weighted by Gasteiger charge is -2.26. The summed E-state index contributed by atoms with van der Waals surface area (Å²) < 4.78 is 0. The van der Waals surface area contributed by atoms with E-state index < -0.39 is 35.9 Å². The molecule has 0 heterocycles. The molecule has 10 nitrogen and oxygen atoms in total. The number of carboxylic acids is 1. The van der Waals surface area contributed by atoms with Crippen molar-refractivity contribution in [2.45, 2.75) is 58.7 Å². The predicted molar refractivity (Wildman–Crippen MR) is 98.3 cm³/mol.